The molecule has 0 spiro atoms. The van der Waals surface area contributed by atoms with Gasteiger partial charge in [0.2, 0.25) is 6.41 Å². The predicted molar refractivity (Wildman–Crippen MR) is 72.4 cm³/mol. The molecule has 0 aliphatic carbocycles. The van der Waals surface area contributed by atoms with E-state index in [0.29, 0.717) is 0 Å². The molecule has 18 heavy (non-hydrogen) atoms. The summed E-state index contributed by atoms with van der Waals surface area (Å²) < 4.78 is 0. The van der Waals surface area contributed by atoms with E-state index in [-0.39, 0.29) is 6.04 Å². The molecule has 0 bridgehead atoms. The molecule has 1 amide bonds. The summed E-state index contributed by atoms with van der Waals surface area (Å²) in [4.78, 5) is 17.3. The van der Waals surface area contributed by atoms with Gasteiger partial charge in [0.15, 0.2) is 0 Å². The van der Waals surface area contributed by atoms with Gasteiger partial charge in [0.1, 0.15) is 5.82 Å². The highest BCUT2D eigenvalue weighted by Gasteiger charge is 2.22. The molecule has 1 saturated heterocycles. The number of hydrogen-bond acceptors (Lipinski definition) is 3. The lowest BCUT2D eigenvalue weighted by molar-refractivity contribution is -0.121. The molecule has 4 heteroatoms. The number of nitrogens with one attached hydrogen (secondary N) is 1. The van der Waals surface area contributed by atoms with Crippen molar-refractivity contribution in [1.29, 1.82) is 0 Å². The molecular weight excluding hydrogens is 226 g/mol. The number of piperidine rings is 1. The van der Waals surface area contributed by atoms with Gasteiger partial charge >= 0.3 is 0 Å². The molecule has 2 heterocycles. The molecule has 1 atom stereocenters. The molecule has 1 N–H and O–H groups in total. The van der Waals surface area contributed by atoms with Gasteiger partial charge in [-0.25, -0.2) is 4.98 Å². The van der Waals surface area contributed by atoms with Crippen molar-refractivity contribution < 1.29 is 4.79 Å². The Hall–Kier alpha value is -1.58. The molecule has 1 aromatic heterocycles. The van der Waals surface area contributed by atoms with Gasteiger partial charge in [-0.15, -0.1) is 0 Å². The summed E-state index contributed by atoms with van der Waals surface area (Å²) in [6, 6.07) is 4.30. The third kappa shape index (κ3) is 3.00. The van der Waals surface area contributed by atoms with E-state index >= 15 is 0 Å². The quantitative estimate of drug-likeness (QED) is 0.813. The van der Waals surface area contributed by atoms with Gasteiger partial charge in [-0.1, -0.05) is 13.0 Å². The van der Waals surface area contributed by atoms with Crippen molar-refractivity contribution in [2.24, 2.45) is 0 Å². The van der Waals surface area contributed by atoms with Crippen LogP contribution in [0.4, 0.5) is 5.82 Å². The van der Waals surface area contributed by atoms with Gasteiger partial charge in [0, 0.05) is 19.3 Å². The Bertz CT molecular complexity index is 377. The van der Waals surface area contributed by atoms with Crippen molar-refractivity contribution in [2.45, 2.75) is 38.6 Å². The normalized spacial score (nSPS) is 19.6. The van der Waals surface area contributed by atoms with Crippen molar-refractivity contribution in [2.75, 3.05) is 18.4 Å². The lowest BCUT2D eigenvalue weighted by Gasteiger charge is -2.32. The number of nitrogens with zero attached hydrogens (tertiary/aromatic N) is 2. The largest absolute Gasteiger partial charge is 0.370 e. The van der Waals surface area contributed by atoms with Crippen molar-refractivity contribution in [3.8, 4) is 0 Å². The highest BCUT2D eigenvalue weighted by atomic mass is 16.1. The maximum Gasteiger partial charge on any atom is 0.210 e. The van der Waals surface area contributed by atoms with Crippen LogP contribution < -0.4 is 5.32 Å². The van der Waals surface area contributed by atoms with E-state index in [9.17, 15) is 4.79 Å². The van der Waals surface area contributed by atoms with Crippen molar-refractivity contribution in [3.63, 3.8) is 0 Å². The highest BCUT2D eigenvalue weighted by molar-refractivity contribution is 5.49. The Kier molecular flexibility index (Phi) is 4.56. The second-order valence-corrected chi connectivity index (χ2v) is 4.76. The van der Waals surface area contributed by atoms with Crippen LogP contribution in [0.2, 0.25) is 0 Å². The molecule has 1 aliphatic rings. The molecule has 0 radical (unpaired) electrons. The standard InChI is InChI=1S/C14H21N3O/c1-2-8-15-14-7-6-12(10-16-14)13-5-3-4-9-17(13)11-18/h6-7,10-11,13H,2-5,8-9H2,1H3,(H,15,16). The number of amides is 1. The number of pyridine rings is 1. The van der Waals surface area contributed by atoms with Gasteiger partial charge in [-0.2, -0.15) is 0 Å². The zero-order valence-electron chi connectivity index (χ0n) is 10.9. The van der Waals surface area contributed by atoms with Crippen LogP contribution in [-0.4, -0.2) is 29.4 Å². The van der Waals surface area contributed by atoms with E-state index in [1.165, 1.54) is 6.42 Å². The molecule has 1 aliphatic heterocycles. The Morgan fingerprint density at radius 3 is 3.06 bits per heavy atom. The lowest BCUT2D eigenvalue weighted by Crippen LogP contribution is -2.32. The number of aromatic nitrogens is 1. The Morgan fingerprint density at radius 2 is 2.39 bits per heavy atom. The fourth-order valence-electron chi connectivity index (χ4n) is 2.40. The molecule has 1 fully saturated rings. The fourth-order valence-corrected chi connectivity index (χ4v) is 2.40. The Balaban J connectivity index is 2.05. The third-order valence-corrected chi connectivity index (χ3v) is 3.41. The molecule has 1 unspecified atom stereocenters. The van der Waals surface area contributed by atoms with Crippen LogP contribution in [0.5, 0.6) is 0 Å². The van der Waals surface area contributed by atoms with E-state index in [0.717, 1.165) is 50.1 Å². The zero-order valence-corrected chi connectivity index (χ0v) is 10.9. The molecule has 98 valence electrons. The summed E-state index contributed by atoms with van der Waals surface area (Å²) >= 11 is 0. The van der Waals surface area contributed by atoms with Crippen LogP contribution in [0.1, 0.15) is 44.2 Å². The molecule has 0 aromatic carbocycles. The fraction of sp³-hybridized carbons (Fsp3) is 0.571. The topological polar surface area (TPSA) is 45.2 Å². The second-order valence-electron chi connectivity index (χ2n) is 4.76. The monoisotopic (exact) mass is 247 g/mol. The van der Waals surface area contributed by atoms with E-state index < -0.39 is 0 Å². The number of rotatable bonds is 5. The Labute approximate surface area is 108 Å². The highest BCUT2D eigenvalue weighted by Crippen LogP contribution is 2.29. The number of likely N-dealkylation sites (tertiary alicyclic amines) is 1. The zero-order chi connectivity index (χ0) is 12.8. The molecule has 2 rings (SSSR count). The summed E-state index contributed by atoms with van der Waals surface area (Å²) in [6.07, 6.45) is 7.29. The van der Waals surface area contributed by atoms with Gasteiger partial charge in [-0.05, 0) is 37.3 Å². The summed E-state index contributed by atoms with van der Waals surface area (Å²) in [5.41, 5.74) is 1.14. The average molecular weight is 247 g/mol. The Morgan fingerprint density at radius 1 is 1.50 bits per heavy atom. The van der Waals surface area contributed by atoms with Crippen molar-refractivity contribution in [3.05, 3.63) is 23.9 Å². The predicted octanol–water partition coefficient (Wildman–Crippen LogP) is 2.59. The van der Waals surface area contributed by atoms with Gasteiger partial charge in [0.05, 0.1) is 6.04 Å². The lowest BCUT2D eigenvalue weighted by atomic mass is 9.97. The molecule has 4 nitrogen and oxygen atoms in total. The van der Waals surface area contributed by atoms with Gasteiger partial charge in [0.25, 0.3) is 0 Å². The summed E-state index contributed by atoms with van der Waals surface area (Å²) in [5.74, 6) is 0.911. The minimum atomic E-state index is 0.212. The molecular formula is C14H21N3O. The van der Waals surface area contributed by atoms with E-state index in [1.54, 1.807) is 0 Å². The molecule has 1 aromatic rings. The van der Waals surface area contributed by atoms with Crippen LogP contribution in [0, 0.1) is 0 Å². The first kappa shape index (κ1) is 12.9. The van der Waals surface area contributed by atoms with Crippen LogP contribution in [0.15, 0.2) is 18.3 Å². The van der Waals surface area contributed by atoms with Crippen LogP contribution in [-0.2, 0) is 4.79 Å². The van der Waals surface area contributed by atoms with E-state index in [2.05, 4.69) is 23.3 Å². The molecule has 0 saturated carbocycles. The van der Waals surface area contributed by atoms with E-state index in [4.69, 9.17) is 0 Å². The maximum atomic E-state index is 11.0. The SMILES string of the molecule is CCCNc1ccc(C2CCCCN2C=O)cn1. The van der Waals surface area contributed by atoms with Crippen molar-refractivity contribution in [1.82, 2.24) is 9.88 Å². The smallest absolute Gasteiger partial charge is 0.210 e. The van der Waals surface area contributed by atoms with Gasteiger partial charge in [-0.3, -0.25) is 4.79 Å². The van der Waals surface area contributed by atoms with Gasteiger partial charge < -0.3 is 10.2 Å². The first-order valence-corrected chi connectivity index (χ1v) is 6.76. The summed E-state index contributed by atoms with van der Waals surface area (Å²) in [6.45, 7) is 3.94. The van der Waals surface area contributed by atoms with Crippen molar-refractivity contribution >= 4 is 12.2 Å². The first-order valence-electron chi connectivity index (χ1n) is 6.76. The number of carbonyl (C=O) groups is 1. The maximum absolute atomic E-state index is 11.0. The van der Waals surface area contributed by atoms with Crippen LogP contribution in [0.3, 0.4) is 0 Å². The summed E-state index contributed by atoms with van der Waals surface area (Å²) in [7, 11) is 0. The third-order valence-electron chi connectivity index (χ3n) is 3.41. The minimum absolute atomic E-state index is 0.212. The van der Waals surface area contributed by atoms with Crippen LogP contribution in [0.25, 0.3) is 0 Å². The average Bonchev–Trinajstić information content (AvgIpc) is 2.45. The first-order chi connectivity index (χ1) is 8.85. The number of hydrogen-bond donors (Lipinski definition) is 1. The summed E-state index contributed by atoms with van der Waals surface area (Å²) in [5, 5.41) is 3.26. The minimum Gasteiger partial charge on any atom is -0.370 e. The van der Waals surface area contributed by atoms with Crippen LogP contribution >= 0.6 is 0 Å². The van der Waals surface area contributed by atoms with E-state index in [1.807, 2.05) is 17.2 Å². The number of carbonyl (C=O) groups excluding carboxylic acids is 1. The second kappa shape index (κ2) is 6.38. The number of anilines is 1.